The largest absolute Gasteiger partial charge is 0.465 e. The predicted octanol–water partition coefficient (Wildman–Crippen LogP) is 2.21. The van der Waals surface area contributed by atoms with E-state index >= 15 is 0 Å². The van der Waals surface area contributed by atoms with Gasteiger partial charge in [0.2, 0.25) is 0 Å². The quantitative estimate of drug-likeness (QED) is 0.458. The maximum Gasteiger partial charge on any atom is 0.339 e. The number of methoxy groups -OCH3 is 1. The van der Waals surface area contributed by atoms with Gasteiger partial charge in [-0.2, -0.15) is 5.26 Å². The molecule has 9 nitrogen and oxygen atoms in total. The lowest BCUT2D eigenvalue weighted by Crippen LogP contribution is -2.42. The number of benzene rings is 1. The van der Waals surface area contributed by atoms with Crippen molar-refractivity contribution in [3.8, 4) is 11.8 Å². The first kappa shape index (κ1) is 20.7. The van der Waals surface area contributed by atoms with Crippen LogP contribution in [0.1, 0.15) is 34.6 Å². The number of aromatic nitrogens is 4. The van der Waals surface area contributed by atoms with Gasteiger partial charge in [-0.1, -0.05) is 6.07 Å². The van der Waals surface area contributed by atoms with E-state index in [9.17, 15) is 19.6 Å². The van der Waals surface area contributed by atoms with Crippen molar-refractivity contribution in [3.63, 3.8) is 0 Å². The van der Waals surface area contributed by atoms with E-state index in [-0.39, 0.29) is 27.8 Å². The molecule has 0 bridgehead atoms. The molecule has 1 unspecified atom stereocenters. The number of esters is 1. The van der Waals surface area contributed by atoms with Crippen LogP contribution in [0.3, 0.4) is 0 Å². The van der Waals surface area contributed by atoms with Gasteiger partial charge >= 0.3 is 11.7 Å². The second-order valence-corrected chi connectivity index (χ2v) is 6.93. The molecule has 9 heteroatoms. The number of nitriles is 1. The Kier molecular flexibility index (Phi) is 5.35. The van der Waals surface area contributed by atoms with Crippen LogP contribution in [0.2, 0.25) is 0 Å². The monoisotopic (exact) mass is 427 g/mol. The van der Waals surface area contributed by atoms with Crippen LogP contribution in [-0.4, -0.2) is 32.2 Å². The van der Waals surface area contributed by atoms with Gasteiger partial charge in [-0.15, -0.1) is 0 Å². The molecule has 0 spiro atoms. The van der Waals surface area contributed by atoms with E-state index in [1.807, 2.05) is 6.07 Å². The van der Waals surface area contributed by atoms with Gasteiger partial charge in [-0.25, -0.2) is 19.1 Å². The Hall–Kier alpha value is -4.58. The van der Waals surface area contributed by atoms with Crippen molar-refractivity contribution < 1.29 is 9.53 Å². The van der Waals surface area contributed by atoms with Crippen LogP contribution in [-0.2, 0) is 4.74 Å². The molecular weight excluding hydrogens is 410 g/mol. The molecule has 1 atom stereocenters. The fraction of sp³-hybridized carbons (Fsp3) is 0.130. The van der Waals surface area contributed by atoms with Crippen LogP contribution in [0.4, 0.5) is 0 Å². The van der Waals surface area contributed by atoms with Gasteiger partial charge in [0.25, 0.3) is 5.56 Å². The summed E-state index contributed by atoms with van der Waals surface area (Å²) in [4.78, 5) is 47.3. The number of pyridine rings is 2. The predicted molar refractivity (Wildman–Crippen MR) is 116 cm³/mol. The summed E-state index contributed by atoms with van der Waals surface area (Å²) in [5.41, 5.74) is -0.0832. The number of nitrogens with zero attached hydrogens (tertiary/aromatic N) is 5. The Morgan fingerprint density at radius 1 is 1.09 bits per heavy atom. The first-order valence-electron chi connectivity index (χ1n) is 9.64. The third kappa shape index (κ3) is 3.33. The second kappa shape index (κ2) is 8.28. The van der Waals surface area contributed by atoms with Gasteiger partial charge in [0, 0.05) is 12.4 Å². The smallest absolute Gasteiger partial charge is 0.339 e. The number of hydrogen-bond donors (Lipinski definition) is 0. The summed E-state index contributed by atoms with van der Waals surface area (Å²) in [5, 5.41) is 9.76. The normalized spacial score (nSPS) is 11.7. The summed E-state index contributed by atoms with van der Waals surface area (Å²) >= 11 is 0. The minimum Gasteiger partial charge on any atom is -0.465 e. The molecule has 4 aromatic rings. The molecular formula is C23H17N5O4. The number of rotatable bonds is 4. The number of ether oxygens (including phenoxy) is 1. The molecule has 0 fully saturated rings. The summed E-state index contributed by atoms with van der Waals surface area (Å²) in [6.45, 7) is 1.71. The Balaban J connectivity index is 2.05. The van der Waals surface area contributed by atoms with Crippen LogP contribution in [0, 0.1) is 11.3 Å². The van der Waals surface area contributed by atoms with Crippen molar-refractivity contribution in [1.82, 2.24) is 19.1 Å². The average molecular weight is 427 g/mol. The van der Waals surface area contributed by atoms with E-state index in [0.29, 0.717) is 5.69 Å². The molecule has 0 saturated carbocycles. The molecule has 0 amide bonds. The first-order valence-corrected chi connectivity index (χ1v) is 9.64. The molecule has 4 rings (SSSR count). The van der Waals surface area contributed by atoms with Gasteiger partial charge in [-0.05, 0) is 49.4 Å². The highest BCUT2D eigenvalue weighted by atomic mass is 16.5. The molecule has 0 aliphatic rings. The third-order valence-corrected chi connectivity index (χ3v) is 5.14. The van der Waals surface area contributed by atoms with Crippen molar-refractivity contribution in [3.05, 3.63) is 98.6 Å². The van der Waals surface area contributed by atoms with Crippen LogP contribution >= 0.6 is 0 Å². The molecule has 3 heterocycles. The van der Waals surface area contributed by atoms with Gasteiger partial charge in [-0.3, -0.25) is 14.3 Å². The Labute approximate surface area is 181 Å². The average Bonchev–Trinajstić information content (AvgIpc) is 2.84. The first-order chi connectivity index (χ1) is 15.5. The number of fused-ring (bicyclic) bond motifs is 1. The van der Waals surface area contributed by atoms with E-state index < -0.39 is 23.3 Å². The van der Waals surface area contributed by atoms with Crippen LogP contribution < -0.4 is 11.2 Å². The highest BCUT2D eigenvalue weighted by molar-refractivity contribution is 5.92. The lowest BCUT2D eigenvalue weighted by molar-refractivity contribution is 0.0600. The van der Waals surface area contributed by atoms with Crippen molar-refractivity contribution >= 4 is 17.0 Å². The van der Waals surface area contributed by atoms with Gasteiger partial charge in [0.15, 0.2) is 5.65 Å². The van der Waals surface area contributed by atoms with E-state index in [0.717, 1.165) is 4.57 Å². The standard InChI is InChI=1S/C23H17N5O4/c1-14(19-7-3-4-10-25-19)27-21(29)18-6-5-11-26-20(18)28(23(27)31)16-8-9-17(22(30)32-2)15(12-16)13-24/h3-12,14H,1-2H3. The minimum absolute atomic E-state index is 0.0286. The zero-order chi connectivity index (χ0) is 22.8. The van der Waals surface area contributed by atoms with Crippen molar-refractivity contribution in [2.24, 2.45) is 0 Å². The number of carbonyl (C=O) groups is 1. The van der Waals surface area contributed by atoms with E-state index in [2.05, 4.69) is 9.97 Å². The van der Waals surface area contributed by atoms with Gasteiger partial charge in [0.05, 0.1) is 41.0 Å². The van der Waals surface area contributed by atoms with Gasteiger partial charge in [0.1, 0.15) is 6.07 Å². The molecule has 0 aliphatic heterocycles. The molecule has 0 N–H and O–H groups in total. The molecule has 3 aromatic heterocycles. The summed E-state index contributed by atoms with van der Waals surface area (Å²) in [7, 11) is 1.22. The molecule has 0 radical (unpaired) electrons. The summed E-state index contributed by atoms with van der Waals surface area (Å²) in [6, 6.07) is 14.0. The van der Waals surface area contributed by atoms with Crippen molar-refractivity contribution in [1.29, 1.82) is 5.26 Å². The summed E-state index contributed by atoms with van der Waals surface area (Å²) in [5.74, 6) is -0.669. The van der Waals surface area contributed by atoms with Crippen LogP contribution in [0.25, 0.3) is 16.7 Å². The lowest BCUT2D eigenvalue weighted by atomic mass is 10.1. The van der Waals surface area contributed by atoms with E-state index in [1.165, 1.54) is 36.1 Å². The zero-order valence-electron chi connectivity index (χ0n) is 17.2. The fourth-order valence-corrected chi connectivity index (χ4v) is 3.54. The lowest BCUT2D eigenvalue weighted by Gasteiger charge is -2.18. The zero-order valence-corrected chi connectivity index (χ0v) is 17.2. The SMILES string of the molecule is COC(=O)c1ccc(-n2c(=O)n(C(C)c3ccccn3)c(=O)c3cccnc32)cc1C#N. The molecule has 158 valence electrons. The molecule has 0 aliphatic carbocycles. The Bertz CT molecular complexity index is 1500. The van der Waals surface area contributed by atoms with E-state index in [4.69, 9.17) is 4.74 Å². The number of carbonyl (C=O) groups excluding carboxylic acids is 1. The summed E-state index contributed by atoms with van der Waals surface area (Å²) in [6.07, 6.45) is 3.06. The molecule has 0 saturated heterocycles. The molecule has 32 heavy (non-hydrogen) atoms. The van der Waals surface area contributed by atoms with Crippen molar-refractivity contribution in [2.45, 2.75) is 13.0 Å². The topological polar surface area (TPSA) is 120 Å². The maximum atomic E-state index is 13.6. The highest BCUT2D eigenvalue weighted by Crippen LogP contribution is 2.19. The van der Waals surface area contributed by atoms with Gasteiger partial charge < -0.3 is 4.74 Å². The fourth-order valence-electron chi connectivity index (χ4n) is 3.54. The second-order valence-electron chi connectivity index (χ2n) is 6.93. The Morgan fingerprint density at radius 3 is 2.56 bits per heavy atom. The van der Waals surface area contributed by atoms with E-state index in [1.54, 1.807) is 43.5 Å². The maximum absolute atomic E-state index is 13.6. The van der Waals surface area contributed by atoms with Crippen LogP contribution in [0.5, 0.6) is 0 Å². The third-order valence-electron chi connectivity index (χ3n) is 5.14. The number of hydrogen-bond acceptors (Lipinski definition) is 7. The molecule has 1 aromatic carbocycles. The van der Waals surface area contributed by atoms with Crippen LogP contribution in [0.15, 0.2) is 70.5 Å². The summed E-state index contributed by atoms with van der Waals surface area (Å²) < 4.78 is 7.06. The minimum atomic E-state index is -0.669. The highest BCUT2D eigenvalue weighted by Gasteiger charge is 2.22. The Morgan fingerprint density at radius 2 is 1.88 bits per heavy atom. The van der Waals surface area contributed by atoms with Crippen molar-refractivity contribution in [2.75, 3.05) is 7.11 Å².